The van der Waals surface area contributed by atoms with E-state index in [0.29, 0.717) is 17.1 Å². The van der Waals surface area contributed by atoms with Crippen LogP contribution in [0.2, 0.25) is 0 Å². The zero-order valence-corrected chi connectivity index (χ0v) is 20.4. The molecule has 0 aliphatic carbocycles. The number of aryl methyl sites for hydroxylation is 1. The van der Waals surface area contributed by atoms with E-state index in [-0.39, 0.29) is 23.9 Å². The first-order valence-corrected chi connectivity index (χ1v) is 12.2. The predicted molar refractivity (Wildman–Crippen MR) is 138 cm³/mol. The summed E-state index contributed by atoms with van der Waals surface area (Å²) in [5.74, 6) is 0.344. The van der Waals surface area contributed by atoms with Gasteiger partial charge in [0, 0.05) is 16.6 Å². The molecule has 1 aliphatic heterocycles. The lowest BCUT2D eigenvalue weighted by atomic mass is 10.0. The number of hydrogen-bond donors (Lipinski definition) is 3. The molecule has 0 spiro atoms. The van der Waals surface area contributed by atoms with Gasteiger partial charge < -0.3 is 16.0 Å². The van der Waals surface area contributed by atoms with Crippen LogP contribution in [-0.2, 0) is 4.79 Å². The Morgan fingerprint density at radius 3 is 2.78 bits per heavy atom. The summed E-state index contributed by atoms with van der Waals surface area (Å²) in [4.78, 5) is 30.7. The van der Waals surface area contributed by atoms with Crippen molar-refractivity contribution >= 4 is 28.4 Å². The maximum absolute atomic E-state index is 13.4. The molecule has 1 unspecified atom stereocenters. The molecule has 3 heterocycles. The second kappa shape index (κ2) is 10.2. The van der Waals surface area contributed by atoms with Gasteiger partial charge in [-0.25, -0.2) is 9.67 Å². The summed E-state index contributed by atoms with van der Waals surface area (Å²) in [6, 6.07) is 14.6. The number of rotatable bonds is 6. The van der Waals surface area contributed by atoms with Gasteiger partial charge in [-0.15, -0.1) is 5.10 Å². The Balaban J connectivity index is 1.38. The van der Waals surface area contributed by atoms with Gasteiger partial charge in [0.05, 0.1) is 30.0 Å². The summed E-state index contributed by atoms with van der Waals surface area (Å²) in [5.41, 5.74) is 3.69. The Kier molecular flexibility index (Phi) is 6.73. The van der Waals surface area contributed by atoms with Gasteiger partial charge in [0.15, 0.2) is 5.82 Å². The zero-order valence-electron chi connectivity index (χ0n) is 20.4. The summed E-state index contributed by atoms with van der Waals surface area (Å²) < 4.78 is 1.60. The van der Waals surface area contributed by atoms with Crippen LogP contribution in [-0.4, -0.2) is 44.4 Å². The maximum Gasteiger partial charge on any atom is 0.252 e. The average Bonchev–Trinajstić information content (AvgIpc) is 3.45. The van der Waals surface area contributed by atoms with Gasteiger partial charge in [-0.1, -0.05) is 35.9 Å². The van der Waals surface area contributed by atoms with Crippen molar-refractivity contribution in [1.29, 1.82) is 0 Å². The molecule has 0 saturated carbocycles. The SMILES string of the molecule is Cc1ccc(NC(=O)[C@H]2CCCCN2)cc1C(=O)NC(C)c1cc(-n2ccnn2)nc2ccccc12. The molecule has 2 amide bonds. The standard InChI is InChI=1S/C27H29N7O2/c1-17-10-11-19(31-27(36)24-9-5-6-12-28-24)15-21(17)26(35)30-18(2)22-16-25(34-14-13-29-33-34)32-23-8-4-3-7-20(22)23/h3-4,7-8,10-11,13-16,18,24,28H,5-6,9,12H2,1-2H3,(H,30,35)(H,31,36)/t18?,24-/m1/s1. The number of carbonyl (C=O) groups excluding carboxylic acids is 2. The average molecular weight is 484 g/mol. The molecule has 9 heteroatoms. The molecule has 0 radical (unpaired) electrons. The lowest BCUT2D eigenvalue weighted by Crippen LogP contribution is -2.43. The normalized spacial score (nSPS) is 16.4. The minimum atomic E-state index is -0.309. The molecule has 2 atom stereocenters. The van der Waals surface area contributed by atoms with Crippen LogP contribution in [0.4, 0.5) is 5.69 Å². The van der Waals surface area contributed by atoms with E-state index in [4.69, 9.17) is 4.98 Å². The van der Waals surface area contributed by atoms with Gasteiger partial charge >= 0.3 is 0 Å². The molecular weight excluding hydrogens is 454 g/mol. The highest BCUT2D eigenvalue weighted by atomic mass is 16.2. The molecule has 0 bridgehead atoms. The van der Waals surface area contributed by atoms with Crippen LogP contribution < -0.4 is 16.0 Å². The number of hydrogen-bond acceptors (Lipinski definition) is 6. The van der Waals surface area contributed by atoms with E-state index in [1.807, 2.05) is 56.3 Å². The summed E-state index contributed by atoms with van der Waals surface area (Å²) in [5, 5.41) is 18.2. The number of nitrogens with zero attached hydrogens (tertiary/aromatic N) is 4. The maximum atomic E-state index is 13.4. The topological polar surface area (TPSA) is 114 Å². The quantitative estimate of drug-likeness (QED) is 0.385. The molecule has 1 fully saturated rings. The minimum absolute atomic E-state index is 0.0674. The van der Waals surface area contributed by atoms with Gasteiger partial charge in [-0.2, -0.15) is 0 Å². The molecule has 1 aliphatic rings. The van der Waals surface area contributed by atoms with E-state index in [0.717, 1.165) is 47.8 Å². The number of fused-ring (bicyclic) bond motifs is 1. The summed E-state index contributed by atoms with van der Waals surface area (Å²) in [6.07, 6.45) is 6.27. The Hall–Kier alpha value is -4.11. The fraction of sp³-hybridized carbons (Fsp3) is 0.296. The number of carbonyl (C=O) groups is 2. The van der Waals surface area contributed by atoms with Crippen LogP contribution in [0.15, 0.2) is 60.9 Å². The summed E-state index contributed by atoms with van der Waals surface area (Å²) in [7, 11) is 0. The highest BCUT2D eigenvalue weighted by molar-refractivity contribution is 6.00. The molecule has 4 aromatic rings. The van der Waals surface area contributed by atoms with E-state index >= 15 is 0 Å². The van der Waals surface area contributed by atoms with E-state index in [1.165, 1.54) is 0 Å². The number of pyridine rings is 1. The van der Waals surface area contributed by atoms with Crippen molar-refractivity contribution in [2.45, 2.75) is 45.2 Å². The second-order valence-corrected chi connectivity index (χ2v) is 9.15. The van der Waals surface area contributed by atoms with Crippen molar-refractivity contribution < 1.29 is 9.59 Å². The number of benzene rings is 2. The Morgan fingerprint density at radius 1 is 1.14 bits per heavy atom. The summed E-state index contributed by atoms with van der Waals surface area (Å²) in [6.45, 7) is 4.68. The van der Waals surface area contributed by atoms with Crippen LogP contribution in [0.3, 0.4) is 0 Å². The van der Waals surface area contributed by atoms with Crippen molar-refractivity contribution in [3.63, 3.8) is 0 Å². The van der Waals surface area contributed by atoms with E-state index in [1.54, 1.807) is 23.1 Å². The fourth-order valence-corrected chi connectivity index (χ4v) is 4.60. The number of nitrogens with one attached hydrogen (secondary N) is 3. The molecule has 2 aromatic carbocycles. The van der Waals surface area contributed by atoms with Crippen LogP contribution >= 0.6 is 0 Å². The van der Waals surface area contributed by atoms with Crippen molar-refractivity contribution in [1.82, 2.24) is 30.6 Å². The first-order chi connectivity index (χ1) is 17.5. The number of anilines is 1. The number of aromatic nitrogens is 4. The third kappa shape index (κ3) is 4.96. The van der Waals surface area contributed by atoms with Crippen LogP contribution in [0.5, 0.6) is 0 Å². The van der Waals surface area contributed by atoms with Crippen LogP contribution in [0, 0.1) is 6.92 Å². The first kappa shape index (κ1) is 23.6. The molecule has 2 aromatic heterocycles. The van der Waals surface area contributed by atoms with Crippen LogP contribution in [0.1, 0.15) is 53.7 Å². The Bertz CT molecular complexity index is 1390. The van der Waals surface area contributed by atoms with Gasteiger partial charge in [0.2, 0.25) is 5.91 Å². The van der Waals surface area contributed by atoms with E-state index < -0.39 is 0 Å². The van der Waals surface area contributed by atoms with Crippen molar-refractivity contribution in [3.05, 3.63) is 77.6 Å². The van der Waals surface area contributed by atoms with E-state index in [9.17, 15) is 9.59 Å². The smallest absolute Gasteiger partial charge is 0.252 e. The molecule has 184 valence electrons. The Morgan fingerprint density at radius 2 is 2.00 bits per heavy atom. The molecule has 3 N–H and O–H groups in total. The largest absolute Gasteiger partial charge is 0.345 e. The van der Waals surface area contributed by atoms with Crippen molar-refractivity contribution in [2.24, 2.45) is 0 Å². The number of para-hydroxylation sites is 1. The Labute approximate surface area is 209 Å². The molecule has 1 saturated heterocycles. The number of amides is 2. The third-order valence-electron chi connectivity index (χ3n) is 6.58. The van der Waals surface area contributed by atoms with Gasteiger partial charge in [-0.3, -0.25) is 9.59 Å². The first-order valence-electron chi connectivity index (χ1n) is 12.2. The van der Waals surface area contributed by atoms with Gasteiger partial charge in [0.25, 0.3) is 5.91 Å². The predicted octanol–water partition coefficient (Wildman–Crippen LogP) is 3.70. The fourth-order valence-electron chi connectivity index (χ4n) is 4.60. The van der Waals surface area contributed by atoms with Crippen molar-refractivity contribution in [3.8, 4) is 5.82 Å². The number of piperidine rings is 1. The van der Waals surface area contributed by atoms with Crippen LogP contribution in [0.25, 0.3) is 16.7 Å². The highest BCUT2D eigenvalue weighted by Gasteiger charge is 2.22. The zero-order chi connectivity index (χ0) is 25.1. The van der Waals surface area contributed by atoms with Crippen molar-refractivity contribution in [2.75, 3.05) is 11.9 Å². The van der Waals surface area contributed by atoms with Gasteiger partial charge in [0.1, 0.15) is 0 Å². The lowest BCUT2D eigenvalue weighted by Gasteiger charge is -2.23. The summed E-state index contributed by atoms with van der Waals surface area (Å²) >= 11 is 0. The molecule has 9 nitrogen and oxygen atoms in total. The lowest BCUT2D eigenvalue weighted by molar-refractivity contribution is -0.118. The molecular formula is C27H29N7O2. The second-order valence-electron chi connectivity index (χ2n) is 9.15. The van der Waals surface area contributed by atoms with E-state index in [2.05, 4.69) is 26.3 Å². The highest BCUT2D eigenvalue weighted by Crippen LogP contribution is 2.26. The monoisotopic (exact) mass is 483 g/mol. The van der Waals surface area contributed by atoms with Gasteiger partial charge in [-0.05, 0) is 68.6 Å². The molecule has 36 heavy (non-hydrogen) atoms. The third-order valence-corrected chi connectivity index (χ3v) is 6.58. The molecule has 5 rings (SSSR count). The minimum Gasteiger partial charge on any atom is -0.345 e.